The summed E-state index contributed by atoms with van der Waals surface area (Å²) in [5.41, 5.74) is 2.37. The highest BCUT2D eigenvalue weighted by Crippen LogP contribution is 2.20. The molecule has 1 aromatic rings. The van der Waals surface area contributed by atoms with Crippen molar-refractivity contribution in [3.8, 4) is 0 Å². The lowest BCUT2D eigenvalue weighted by molar-refractivity contribution is -0.118. The Morgan fingerprint density at radius 3 is 2.62 bits per heavy atom. The lowest BCUT2D eigenvalue weighted by Crippen LogP contribution is -2.07. The molecular weight excluding hydrogens is 160 g/mol. The fraction of sp³-hybridized carbons (Fsp3) is 0.417. The number of hydrogen-bond donors (Lipinski definition) is 0. The van der Waals surface area contributed by atoms with Gasteiger partial charge in [-0.25, -0.2) is 0 Å². The van der Waals surface area contributed by atoms with Crippen LogP contribution in [0.2, 0.25) is 0 Å². The third-order valence-corrected chi connectivity index (χ3v) is 2.34. The average Bonchev–Trinajstić information content (AvgIpc) is 2.04. The molecule has 1 nitrogen and oxygen atoms in total. The maximum Gasteiger partial charge on any atom is 0.137 e. The lowest BCUT2D eigenvalue weighted by atomic mass is 9.92. The van der Waals surface area contributed by atoms with Crippen LogP contribution in [0.3, 0.4) is 0 Å². The molecule has 0 aromatic heterocycles. The van der Waals surface area contributed by atoms with Crippen LogP contribution in [0.4, 0.5) is 0 Å². The van der Waals surface area contributed by atoms with Crippen molar-refractivity contribution in [2.24, 2.45) is 0 Å². The van der Waals surface area contributed by atoms with Gasteiger partial charge < -0.3 is 0 Å². The first-order chi connectivity index (χ1) is 6.15. The number of rotatable bonds is 3. The Labute approximate surface area is 79.8 Å². The number of benzene rings is 1. The molecule has 0 N–H and O–H groups in total. The van der Waals surface area contributed by atoms with Crippen molar-refractivity contribution in [2.75, 3.05) is 0 Å². The summed E-state index contributed by atoms with van der Waals surface area (Å²) < 4.78 is 0. The fourth-order valence-corrected chi connectivity index (χ4v) is 1.64. The second-order valence-corrected chi connectivity index (χ2v) is 3.49. The summed E-state index contributed by atoms with van der Waals surface area (Å²) in [6, 6.07) is 8.19. The summed E-state index contributed by atoms with van der Waals surface area (Å²) in [6.45, 7) is 5.77. The van der Waals surface area contributed by atoms with E-state index >= 15 is 0 Å². The SMILES string of the molecule is CC[C@H](C(C)=O)c1cccc(C)c1. The van der Waals surface area contributed by atoms with Gasteiger partial charge in [-0.1, -0.05) is 36.8 Å². The third kappa shape index (κ3) is 2.41. The second kappa shape index (κ2) is 4.22. The van der Waals surface area contributed by atoms with Crippen molar-refractivity contribution in [1.29, 1.82) is 0 Å². The van der Waals surface area contributed by atoms with Gasteiger partial charge in [0, 0.05) is 5.92 Å². The van der Waals surface area contributed by atoms with Crippen LogP contribution in [-0.2, 0) is 4.79 Å². The number of carbonyl (C=O) groups is 1. The van der Waals surface area contributed by atoms with Crippen molar-refractivity contribution in [3.05, 3.63) is 35.4 Å². The molecule has 70 valence electrons. The Hall–Kier alpha value is -1.11. The van der Waals surface area contributed by atoms with Crippen molar-refractivity contribution >= 4 is 5.78 Å². The first-order valence-corrected chi connectivity index (χ1v) is 4.72. The highest BCUT2D eigenvalue weighted by Gasteiger charge is 2.13. The van der Waals surface area contributed by atoms with Gasteiger partial charge in [0.2, 0.25) is 0 Å². The maximum atomic E-state index is 11.3. The summed E-state index contributed by atoms with van der Waals surface area (Å²) in [5, 5.41) is 0. The van der Waals surface area contributed by atoms with E-state index in [1.165, 1.54) is 5.56 Å². The molecule has 1 heteroatoms. The number of aryl methyl sites for hydroxylation is 1. The minimum atomic E-state index is 0.0832. The van der Waals surface area contributed by atoms with E-state index in [1.54, 1.807) is 6.92 Å². The van der Waals surface area contributed by atoms with Crippen LogP contribution in [0, 0.1) is 6.92 Å². The zero-order valence-electron chi connectivity index (χ0n) is 8.50. The first kappa shape index (κ1) is 9.97. The summed E-state index contributed by atoms with van der Waals surface area (Å²) in [5.74, 6) is 0.341. The summed E-state index contributed by atoms with van der Waals surface area (Å²) in [4.78, 5) is 11.3. The smallest absolute Gasteiger partial charge is 0.137 e. The quantitative estimate of drug-likeness (QED) is 0.691. The molecule has 1 rings (SSSR count). The molecule has 0 unspecified atom stereocenters. The van der Waals surface area contributed by atoms with Gasteiger partial charge in [0.1, 0.15) is 5.78 Å². The molecule has 0 amide bonds. The standard InChI is InChI=1S/C12H16O/c1-4-12(10(3)13)11-7-5-6-9(2)8-11/h5-8,12H,4H2,1-3H3/t12-/m1/s1. The van der Waals surface area contributed by atoms with Crippen LogP contribution in [0.15, 0.2) is 24.3 Å². The average molecular weight is 176 g/mol. The van der Waals surface area contributed by atoms with Gasteiger partial charge >= 0.3 is 0 Å². The molecule has 0 saturated heterocycles. The Kier molecular flexibility index (Phi) is 3.24. The van der Waals surface area contributed by atoms with Gasteiger partial charge in [0.25, 0.3) is 0 Å². The molecule has 0 aliphatic heterocycles. The van der Waals surface area contributed by atoms with Crippen molar-refractivity contribution in [3.63, 3.8) is 0 Å². The predicted molar refractivity (Wildman–Crippen MR) is 54.9 cm³/mol. The van der Waals surface area contributed by atoms with E-state index in [4.69, 9.17) is 0 Å². The topological polar surface area (TPSA) is 17.1 Å². The van der Waals surface area contributed by atoms with E-state index in [1.807, 2.05) is 12.1 Å². The highest BCUT2D eigenvalue weighted by atomic mass is 16.1. The van der Waals surface area contributed by atoms with Crippen LogP contribution < -0.4 is 0 Å². The molecule has 0 fully saturated rings. The molecule has 1 atom stereocenters. The molecular formula is C12H16O. The molecule has 0 spiro atoms. The Bertz CT molecular complexity index is 302. The van der Waals surface area contributed by atoms with E-state index in [-0.39, 0.29) is 11.7 Å². The predicted octanol–water partition coefficient (Wildman–Crippen LogP) is 3.08. The maximum absolute atomic E-state index is 11.3. The van der Waals surface area contributed by atoms with Crippen molar-refractivity contribution in [2.45, 2.75) is 33.1 Å². The van der Waals surface area contributed by atoms with E-state index in [0.29, 0.717) is 0 Å². The summed E-state index contributed by atoms with van der Waals surface area (Å²) >= 11 is 0. The highest BCUT2D eigenvalue weighted by molar-refractivity contribution is 5.83. The Morgan fingerprint density at radius 1 is 1.46 bits per heavy atom. The third-order valence-electron chi connectivity index (χ3n) is 2.34. The molecule has 0 radical (unpaired) electrons. The van der Waals surface area contributed by atoms with Crippen LogP contribution in [-0.4, -0.2) is 5.78 Å². The van der Waals surface area contributed by atoms with Crippen LogP contribution in [0.25, 0.3) is 0 Å². The largest absolute Gasteiger partial charge is 0.299 e. The molecule has 1 aromatic carbocycles. The number of ketones is 1. The monoisotopic (exact) mass is 176 g/mol. The Morgan fingerprint density at radius 2 is 2.15 bits per heavy atom. The van der Waals surface area contributed by atoms with E-state index < -0.39 is 0 Å². The second-order valence-electron chi connectivity index (χ2n) is 3.49. The zero-order valence-corrected chi connectivity index (χ0v) is 8.50. The molecule has 0 aliphatic rings. The summed E-state index contributed by atoms with van der Waals surface area (Å²) in [6.07, 6.45) is 0.888. The normalized spacial score (nSPS) is 12.5. The molecule has 0 heterocycles. The van der Waals surface area contributed by atoms with Gasteiger partial charge in [-0.15, -0.1) is 0 Å². The fourth-order valence-electron chi connectivity index (χ4n) is 1.64. The van der Waals surface area contributed by atoms with Crippen molar-refractivity contribution < 1.29 is 4.79 Å². The molecule has 0 aliphatic carbocycles. The summed E-state index contributed by atoms with van der Waals surface area (Å²) in [7, 11) is 0. The minimum absolute atomic E-state index is 0.0832. The van der Waals surface area contributed by atoms with Gasteiger partial charge in [0.15, 0.2) is 0 Å². The number of carbonyl (C=O) groups excluding carboxylic acids is 1. The Balaban J connectivity index is 2.98. The van der Waals surface area contributed by atoms with Crippen LogP contribution >= 0.6 is 0 Å². The van der Waals surface area contributed by atoms with Crippen LogP contribution in [0.1, 0.15) is 37.3 Å². The van der Waals surface area contributed by atoms with Gasteiger partial charge in [-0.05, 0) is 25.8 Å². The van der Waals surface area contributed by atoms with Crippen molar-refractivity contribution in [1.82, 2.24) is 0 Å². The van der Waals surface area contributed by atoms with E-state index in [0.717, 1.165) is 12.0 Å². The van der Waals surface area contributed by atoms with Gasteiger partial charge in [-0.2, -0.15) is 0 Å². The number of hydrogen-bond acceptors (Lipinski definition) is 1. The van der Waals surface area contributed by atoms with E-state index in [9.17, 15) is 4.79 Å². The van der Waals surface area contributed by atoms with Gasteiger partial charge in [-0.3, -0.25) is 4.79 Å². The zero-order chi connectivity index (χ0) is 9.84. The lowest BCUT2D eigenvalue weighted by Gasteiger charge is -2.11. The van der Waals surface area contributed by atoms with Crippen LogP contribution in [0.5, 0.6) is 0 Å². The molecule has 13 heavy (non-hydrogen) atoms. The minimum Gasteiger partial charge on any atom is -0.299 e. The number of Topliss-reactive ketones (excluding diaryl/α,β-unsaturated/α-hetero) is 1. The van der Waals surface area contributed by atoms with E-state index in [2.05, 4.69) is 26.0 Å². The first-order valence-electron chi connectivity index (χ1n) is 4.72. The van der Waals surface area contributed by atoms with Gasteiger partial charge in [0.05, 0.1) is 0 Å². The molecule has 0 bridgehead atoms. The molecule has 0 saturated carbocycles.